The summed E-state index contributed by atoms with van der Waals surface area (Å²) in [7, 11) is 0. The van der Waals surface area contributed by atoms with Gasteiger partial charge >= 0.3 is 6.09 Å². The zero-order valence-electron chi connectivity index (χ0n) is 11.7. The highest BCUT2D eigenvalue weighted by atomic mass is 16.5. The number of rotatable bonds is 3. The van der Waals surface area contributed by atoms with Crippen LogP contribution in [0.5, 0.6) is 0 Å². The lowest BCUT2D eigenvalue weighted by molar-refractivity contribution is 0.168. The lowest BCUT2D eigenvalue weighted by Gasteiger charge is -2.29. The molecule has 0 bridgehead atoms. The maximum absolute atomic E-state index is 11.5. The van der Waals surface area contributed by atoms with Crippen LogP contribution in [-0.2, 0) is 4.74 Å². The second kappa shape index (κ2) is 6.45. The number of nitrogens with zero attached hydrogens (tertiary/aromatic N) is 1. The van der Waals surface area contributed by atoms with E-state index >= 15 is 0 Å². The van der Waals surface area contributed by atoms with E-state index in [4.69, 9.17) is 4.74 Å². The van der Waals surface area contributed by atoms with Crippen LogP contribution in [0, 0.1) is 6.92 Å². The number of ether oxygens (including phenoxy) is 1. The fourth-order valence-corrected chi connectivity index (χ4v) is 2.37. The molecule has 0 aliphatic carbocycles. The van der Waals surface area contributed by atoms with E-state index in [2.05, 4.69) is 16.3 Å². The second-order valence-corrected chi connectivity index (χ2v) is 4.89. The Morgan fingerprint density at radius 3 is 2.74 bits per heavy atom. The number of nitrogens with one attached hydrogen (secondary N) is 1. The van der Waals surface area contributed by atoms with Crippen molar-refractivity contribution in [2.75, 3.05) is 29.9 Å². The van der Waals surface area contributed by atoms with E-state index in [0.717, 1.165) is 24.3 Å². The number of hydrogen-bond acceptors (Lipinski definition) is 3. The molecule has 1 aliphatic rings. The Morgan fingerprint density at radius 2 is 2.05 bits per heavy atom. The largest absolute Gasteiger partial charge is 0.450 e. The van der Waals surface area contributed by atoms with Gasteiger partial charge in [0.1, 0.15) is 0 Å². The number of carbonyl (C=O) groups excluding carboxylic acids is 1. The van der Waals surface area contributed by atoms with Crippen molar-refractivity contribution in [2.24, 2.45) is 0 Å². The summed E-state index contributed by atoms with van der Waals surface area (Å²) in [5.74, 6) is 0. The first kappa shape index (κ1) is 13.7. The maximum atomic E-state index is 11.5. The summed E-state index contributed by atoms with van der Waals surface area (Å²) in [6.45, 7) is 6.37. The van der Waals surface area contributed by atoms with E-state index in [0.29, 0.717) is 6.61 Å². The molecular weight excluding hydrogens is 240 g/mol. The van der Waals surface area contributed by atoms with Gasteiger partial charge in [-0.25, -0.2) is 4.79 Å². The molecule has 1 N–H and O–H groups in total. The van der Waals surface area contributed by atoms with Gasteiger partial charge in [-0.3, -0.25) is 5.32 Å². The number of anilines is 2. The Labute approximate surface area is 114 Å². The Balaban J connectivity index is 2.11. The zero-order valence-corrected chi connectivity index (χ0v) is 11.7. The molecule has 1 aromatic rings. The van der Waals surface area contributed by atoms with E-state index in [9.17, 15) is 4.79 Å². The summed E-state index contributed by atoms with van der Waals surface area (Å²) in [5, 5.41) is 2.80. The summed E-state index contributed by atoms with van der Waals surface area (Å²) in [6, 6.07) is 6.21. The van der Waals surface area contributed by atoms with E-state index in [1.807, 2.05) is 19.1 Å². The third-order valence-electron chi connectivity index (χ3n) is 3.45. The Morgan fingerprint density at radius 1 is 1.32 bits per heavy atom. The van der Waals surface area contributed by atoms with Gasteiger partial charge in [-0.2, -0.15) is 0 Å². The van der Waals surface area contributed by atoms with Crippen molar-refractivity contribution in [2.45, 2.75) is 33.1 Å². The van der Waals surface area contributed by atoms with Crippen molar-refractivity contribution in [3.05, 3.63) is 23.8 Å². The number of benzene rings is 1. The summed E-state index contributed by atoms with van der Waals surface area (Å²) in [6.07, 6.45) is 3.42. The van der Waals surface area contributed by atoms with Crippen molar-refractivity contribution in [1.29, 1.82) is 0 Å². The van der Waals surface area contributed by atoms with Gasteiger partial charge in [0.05, 0.1) is 6.61 Å². The molecule has 19 heavy (non-hydrogen) atoms. The van der Waals surface area contributed by atoms with Crippen molar-refractivity contribution in [3.8, 4) is 0 Å². The van der Waals surface area contributed by atoms with Crippen LogP contribution in [0.4, 0.5) is 16.2 Å². The van der Waals surface area contributed by atoms with Gasteiger partial charge in [0.2, 0.25) is 0 Å². The lowest BCUT2D eigenvalue weighted by Crippen LogP contribution is -2.29. The average Bonchev–Trinajstić information content (AvgIpc) is 2.42. The standard InChI is InChI=1S/C15H22N2O2/c1-3-19-15(18)16-14-11-13(8-7-12(14)2)17-9-5-4-6-10-17/h7-8,11H,3-6,9-10H2,1-2H3,(H,16,18). The van der Waals surface area contributed by atoms with Crippen LogP contribution >= 0.6 is 0 Å². The van der Waals surface area contributed by atoms with Crippen molar-refractivity contribution < 1.29 is 9.53 Å². The summed E-state index contributed by atoms with van der Waals surface area (Å²) >= 11 is 0. The molecule has 1 saturated heterocycles. The van der Waals surface area contributed by atoms with Crippen LogP contribution in [0.15, 0.2) is 18.2 Å². The number of hydrogen-bond donors (Lipinski definition) is 1. The predicted molar refractivity (Wildman–Crippen MR) is 77.9 cm³/mol. The van der Waals surface area contributed by atoms with E-state index in [1.54, 1.807) is 6.92 Å². The van der Waals surface area contributed by atoms with Gasteiger partial charge in [-0.05, 0) is 50.8 Å². The number of carbonyl (C=O) groups is 1. The fraction of sp³-hybridized carbons (Fsp3) is 0.533. The minimum atomic E-state index is -0.388. The first-order chi connectivity index (χ1) is 9.20. The van der Waals surface area contributed by atoms with Gasteiger partial charge in [0.25, 0.3) is 0 Å². The van der Waals surface area contributed by atoms with Gasteiger partial charge < -0.3 is 9.64 Å². The molecule has 104 valence electrons. The third-order valence-corrected chi connectivity index (χ3v) is 3.45. The topological polar surface area (TPSA) is 41.6 Å². The predicted octanol–water partition coefficient (Wildman–Crippen LogP) is 3.55. The molecule has 0 unspecified atom stereocenters. The molecule has 2 rings (SSSR count). The van der Waals surface area contributed by atoms with Gasteiger partial charge in [0, 0.05) is 24.5 Å². The zero-order chi connectivity index (χ0) is 13.7. The molecule has 0 aromatic heterocycles. The van der Waals surface area contributed by atoms with Crippen LogP contribution in [0.3, 0.4) is 0 Å². The van der Waals surface area contributed by atoms with Crippen LogP contribution < -0.4 is 10.2 Å². The quantitative estimate of drug-likeness (QED) is 0.905. The monoisotopic (exact) mass is 262 g/mol. The average molecular weight is 262 g/mol. The van der Waals surface area contributed by atoms with Gasteiger partial charge in [-0.15, -0.1) is 0 Å². The molecule has 0 saturated carbocycles. The van der Waals surface area contributed by atoms with Crippen LogP contribution in [-0.4, -0.2) is 25.8 Å². The second-order valence-electron chi connectivity index (χ2n) is 4.89. The molecule has 4 heteroatoms. The van der Waals surface area contributed by atoms with E-state index in [1.165, 1.54) is 24.9 Å². The Kier molecular flexibility index (Phi) is 4.66. The highest BCUT2D eigenvalue weighted by molar-refractivity contribution is 5.86. The summed E-state index contributed by atoms with van der Waals surface area (Å²) < 4.78 is 4.92. The smallest absolute Gasteiger partial charge is 0.411 e. The van der Waals surface area contributed by atoms with Crippen molar-refractivity contribution in [1.82, 2.24) is 0 Å². The number of piperidine rings is 1. The molecule has 1 amide bonds. The fourth-order valence-electron chi connectivity index (χ4n) is 2.37. The number of aryl methyl sites for hydroxylation is 1. The Hall–Kier alpha value is -1.71. The summed E-state index contributed by atoms with van der Waals surface area (Å²) in [4.78, 5) is 13.9. The normalized spacial score (nSPS) is 15.2. The third kappa shape index (κ3) is 3.63. The highest BCUT2D eigenvalue weighted by Crippen LogP contribution is 2.25. The molecule has 1 heterocycles. The Bertz CT molecular complexity index is 440. The molecule has 0 radical (unpaired) electrons. The van der Waals surface area contributed by atoms with Crippen LogP contribution in [0.2, 0.25) is 0 Å². The van der Waals surface area contributed by atoms with Crippen LogP contribution in [0.25, 0.3) is 0 Å². The first-order valence-corrected chi connectivity index (χ1v) is 7.00. The van der Waals surface area contributed by atoms with Crippen LogP contribution in [0.1, 0.15) is 31.7 Å². The summed E-state index contributed by atoms with van der Waals surface area (Å²) in [5.41, 5.74) is 3.06. The molecular formula is C15H22N2O2. The highest BCUT2D eigenvalue weighted by Gasteiger charge is 2.13. The molecule has 1 aliphatic heterocycles. The van der Waals surface area contributed by atoms with E-state index in [-0.39, 0.29) is 6.09 Å². The maximum Gasteiger partial charge on any atom is 0.411 e. The lowest BCUT2D eigenvalue weighted by atomic mass is 10.1. The molecule has 0 spiro atoms. The molecule has 1 fully saturated rings. The molecule has 4 nitrogen and oxygen atoms in total. The van der Waals surface area contributed by atoms with Crippen molar-refractivity contribution >= 4 is 17.5 Å². The van der Waals surface area contributed by atoms with Gasteiger partial charge in [-0.1, -0.05) is 6.07 Å². The molecule has 0 atom stereocenters. The SMILES string of the molecule is CCOC(=O)Nc1cc(N2CCCCC2)ccc1C. The van der Waals surface area contributed by atoms with Crippen molar-refractivity contribution in [3.63, 3.8) is 0 Å². The van der Waals surface area contributed by atoms with E-state index < -0.39 is 0 Å². The minimum absolute atomic E-state index is 0.386. The van der Waals surface area contributed by atoms with Gasteiger partial charge in [0.15, 0.2) is 0 Å². The first-order valence-electron chi connectivity index (χ1n) is 7.00. The minimum Gasteiger partial charge on any atom is -0.450 e. The molecule has 1 aromatic carbocycles. The number of amides is 1.